The van der Waals surface area contributed by atoms with Gasteiger partial charge in [0.1, 0.15) is 0 Å². The molecular formula is C11H11NO2. The molecule has 0 aromatic heterocycles. The van der Waals surface area contributed by atoms with Gasteiger partial charge in [-0.1, -0.05) is 24.8 Å². The average molecular weight is 189 g/mol. The number of rotatable bonds is 3. The lowest BCUT2D eigenvalue weighted by Crippen LogP contribution is -2.21. The summed E-state index contributed by atoms with van der Waals surface area (Å²) in [4.78, 5) is 23.6. The Morgan fingerprint density at radius 1 is 1.43 bits per heavy atom. The van der Waals surface area contributed by atoms with Gasteiger partial charge in [0.25, 0.3) is 5.91 Å². The van der Waals surface area contributed by atoms with Crippen molar-refractivity contribution in [2.45, 2.75) is 0 Å². The van der Waals surface area contributed by atoms with E-state index in [4.69, 9.17) is 0 Å². The molecule has 72 valence electrons. The number of hydrogen-bond donors (Lipinski definition) is 0. The Bertz CT molecular complexity index is 371. The van der Waals surface area contributed by atoms with Crippen molar-refractivity contribution < 1.29 is 9.59 Å². The molecule has 14 heavy (non-hydrogen) atoms. The predicted octanol–water partition coefficient (Wildman–Crippen LogP) is 1.71. The third-order valence-corrected chi connectivity index (χ3v) is 1.91. The van der Waals surface area contributed by atoms with Crippen molar-refractivity contribution in [3.63, 3.8) is 0 Å². The van der Waals surface area contributed by atoms with Crippen LogP contribution < -0.4 is 0 Å². The third-order valence-electron chi connectivity index (χ3n) is 1.91. The fourth-order valence-corrected chi connectivity index (χ4v) is 1.07. The van der Waals surface area contributed by atoms with Crippen molar-refractivity contribution in [1.82, 2.24) is 4.90 Å². The molecule has 0 fully saturated rings. The summed E-state index contributed by atoms with van der Waals surface area (Å²) < 4.78 is 0. The van der Waals surface area contributed by atoms with E-state index in [-0.39, 0.29) is 5.91 Å². The maximum absolute atomic E-state index is 11.7. The van der Waals surface area contributed by atoms with Crippen LogP contribution in [0.2, 0.25) is 0 Å². The first-order chi connectivity index (χ1) is 6.70. The van der Waals surface area contributed by atoms with Crippen molar-refractivity contribution in [1.29, 1.82) is 0 Å². The van der Waals surface area contributed by atoms with Crippen molar-refractivity contribution in [2.75, 3.05) is 7.05 Å². The first-order valence-electron chi connectivity index (χ1n) is 4.14. The van der Waals surface area contributed by atoms with Gasteiger partial charge in [-0.3, -0.25) is 9.59 Å². The Morgan fingerprint density at radius 3 is 2.64 bits per heavy atom. The molecule has 0 radical (unpaired) electrons. The first-order valence-corrected chi connectivity index (χ1v) is 4.14. The van der Waals surface area contributed by atoms with Crippen LogP contribution in [0, 0.1) is 0 Å². The maximum Gasteiger partial charge on any atom is 0.258 e. The Balaban J connectivity index is 3.11. The molecule has 1 amide bonds. The van der Waals surface area contributed by atoms with E-state index in [0.717, 1.165) is 0 Å². The minimum Gasteiger partial charge on any atom is -0.319 e. The van der Waals surface area contributed by atoms with Crippen molar-refractivity contribution in [3.05, 3.63) is 48.2 Å². The third kappa shape index (κ3) is 1.88. The minimum absolute atomic E-state index is 0.234. The van der Waals surface area contributed by atoms with Crippen LogP contribution in [0.25, 0.3) is 0 Å². The van der Waals surface area contributed by atoms with Crippen LogP contribution in [0.5, 0.6) is 0 Å². The summed E-state index contributed by atoms with van der Waals surface area (Å²) in [6.45, 7) is 3.48. The van der Waals surface area contributed by atoms with Crippen molar-refractivity contribution in [2.24, 2.45) is 0 Å². The fourth-order valence-electron chi connectivity index (χ4n) is 1.07. The summed E-state index contributed by atoms with van der Waals surface area (Å²) in [5.41, 5.74) is 0.788. The Labute approximate surface area is 82.6 Å². The molecule has 1 aromatic rings. The lowest BCUT2D eigenvalue weighted by molar-refractivity contribution is 0.0847. The molecule has 0 unspecified atom stereocenters. The van der Waals surface area contributed by atoms with E-state index in [1.54, 1.807) is 31.3 Å². The Morgan fingerprint density at radius 2 is 2.07 bits per heavy atom. The molecule has 0 aliphatic rings. The number of benzene rings is 1. The van der Waals surface area contributed by atoms with Crippen LogP contribution >= 0.6 is 0 Å². The lowest BCUT2D eigenvalue weighted by Gasteiger charge is -2.12. The van der Waals surface area contributed by atoms with E-state index in [9.17, 15) is 9.59 Å². The molecule has 0 bridgehead atoms. The van der Waals surface area contributed by atoms with E-state index >= 15 is 0 Å². The van der Waals surface area contributed by atoms with Gasteiger partial charge in [0.05, 0.1) is 5.56 Å². The lowest BCUT2D eigenvalue weighted by atomic mass is 10.1. The highest BCUT2D eigenvalue weighted by Gasteiger charge is 2.12. The van der Waals surface area contributed by atoms with Gasteiger partial charge in [0, 0.05) is 12.6 Å². The summed E-state index contributed by atoms with van der Waals surface area (Å²) in [6.07, 6.45) is 2.08. The van der Waals surface area contributed by atoms with E-state index in [0.29, 0.717) is 17.4 Å². The van der Waals surface area contributed by atoms with Gasteiger partial charge < -0.3 is 4.90 Å². The van der Waals surface area contributed by atoms with Gasteiger partial charge in [0.2, 0.25) is 0 Å². The van der Waals surface area contributed by atoms with Gasteiger partial charge in [-0.25, -0.2) is 0 Å². The summed E-state index contributed by atoms with van der Waals surface area (Å²) in [5.74, 6) is -0.234. The molecule has 0 saturated heterocycles. The highest BCUT2D eigenvalue weighted by molar-refractivity contribution is 6.01. The zero-order valence-corrected chi connectivity index (χ0v) is 7.93. The van der Waals surface area contributed by atoms with Crippen LogP contribution in [-0.2, 0) is 0 Å². The smallest absolute Gasteiger partial charge is 0.258 e. The zero-order valence-electron chi connectivity index (χ0n) is 7.93. The maximum atomic E-state index is 11.7. The van der Waals surface area contributed by atoms with E-state index in [2.05, 4.69) is 6.58 Å². The van der Waals surface area contributed by atoms with Gasteiger partial charge >= 0.3 is 0 Å². The molecule has 0 heterocycles. The highest BCUT2D eigenvalue weighted by Crippen LogP contribution is 2.08. The van der Waals surface area contributed by atoms with E-state index in [1.165, 1.54) is 11.1 Å². The Hall–Kier alpha value is -1.90. The van der Waals surface area contributed by atoms with Crippen LogP contribution in [0.1, 0.15) is 20.7 Å². The first kappa shape index (κ1) is 10.2. The number of hydrogen-bond acceptors (Lipinski definition) is 2. The van der Waals surface area contributed by atoms with Gasteiger partial charge in [0.15, 0.2) is 6.29 Å². The topological polar surface area (TPSA) is 37.4 Å². The number of nitrogens with zero attached hydrogens (tertiary/aromatic N) is 1. The molecule has 0 aliphatic carbocycles. The highest BCUT2D eigenvalue weighted by atomic mass is 16.2. The largest absolute Gasteiger partial charge is 0.319 e. The second kappa shape index (κ2) is 4.37. The molecule has 1 rings (SSSR count). The zero-order chi connectivity index (χ0) is 10.6. The van der Waals surface area contributed by atoms with Gasteiger partial charge in [-0.2, -0.15) is 0 Å². The van der Waals surface area contributed by atoms with Crippen LogP contribution in [0.3, 0.4) is 0 Å². The molecule has 3 heteroatoms. The van der Waals surface area contributed by atoms with Crippen molar-refractivity contribution >= 4 is 12.2 Å². The Kier molecular flexibility index (Phi) is 3.18. The van der Waals surface area contributed by atoms with Crippen LogP contribution in [-0.4, -0.2) is 24.1 Å². The monoisotopic (exact) mass is 189 g/mol. The van der Waals surface area contributed by atoms with E-state index in [1.807, 2.05) is 0 Å². The molecule has 3 nitrogen and oxygen atoms in total. The average Bonchev–Trinajstić information content (AvgIpc) is 2.26. The minimum atomic E-state index is -0.234. The molecular weight excluding hydrogens is 178 g/mol. The molecule has 1 aromatic carbocycles. The number of amides is 1. The molecule has 0 saturated carbocycles. The van der Waals surface area contributed by atoms with E-state index < -0.39 is 0 Å². The molecule has 0 spiro atoms. The predicted molar refractivity (Wildman–Crippen MR) is 54.1 cm³/mol. The molecule has 0 N–H and O–H groups in total. The second-order valence-corrected chi connectivity index (χ2v) is 2.80. The summed E-state index contributed by atoms with van der Waals surface area (Å²) >= 11 is 0. The summed E-state index contributed by atoms with van der Waals surface area (Å²) in [7, 11) is 1.59. The number of carbonyl (C=O) groups is 2. The quantitative estimate of drug-likeness (QED) is 0.679. The van der Waals surface area contributed by atoms with Crippen LogP contribution in [0.4, 0.5) is 0 Å². The number of aldehydes is 1. The van der Waals surface area contributed by atoms with Gasteiger partial charge in [-0.05, 0) is 12.3 Å². The summed E-state index contributed by atoms with van der Waals surface area (Å²) in [5, 5.41) is 0. The van der Waals surface area contributed by atoms with Gasteiger partial charge in [-0.15, -0.1) is 0 Å². The SMILES string of the molecule is C=CN(C)C(=O)c1ccccc1C=O. The normalized spacial score (nSPS) is 9.21. The molecule has 0 aliphatic heterocycles. The van der Waals surface area contributed by atoms with Crippen LogP contribution in [0.15, 0.2) is 37.0 Å². The standard InChI is InChI=1S/C11H11NO2/c1-3-12(2)11(14)10-7-5-4-6-9(10)8-13/h3-8H,1H2,2H3. The summed E-state index contributed by atoms with van der Waals surface area (Å²) in [6, 6.07) is 6.66. The number of carbonyl (C=O) groups excluding carboxylic acids is 2. The van der Waals surface area contributed by atoms with Crippen molar-refractivity contribution in [3.8, 4) is 0 Å². The fraction of sp³-hybridized carbons (Fsp3) is 0.0909. The molecule has 0 atom stereocenters. The second-order valence-electron chi connectivity index (χ2n) is 2.80.